The Morgan fingerprint density at radius 2 is 2.37 bits per heavy atom. The molecule has 96 valence electrons. The monoisotopic (exact) mass is 272 g/mol. The van der Waals surface area contributed by atoms with Gasteiger partial charge in [-0.2, -0.15) is 11.3 Å². The summed E-state index contributed by atoms with van der Waals surface area (Å²) in [5.41, 5.74) is 1.69. The lowest BCUT2D eigenvalue weighted by molar-refractivity contribution is -0.115. The zero-order valence-electron chi connectivity index (χ0n) is 10.1. The third-order valence-electron chi connectivity index (χ3n) is 2.28. The molecule has 1 amide bonds. The Balaban J connectivity index is 2.00. The number of thiophene rings is 1. The molecule has 0 aliphatic rings. The van der Waals surface area contributed by atoms with Crippen LogP contribution in [0.2, 0.25) is 0 Å². The number of aromatic nitrogens is 1. The summed E-state index contributed by atoms with van der Waals surface area (Å²) in [4.78, 5) is 15.8. The summed E-state index contributed by atoms with van der Waals surface area (Å²) in [7, 11) is 0. The van der Waals surface area contributed by atoms with Gasteiger partial charge >= 0.3 is 0 Å². The first kappa shape index (κ1) is 13.3. The molecule has 0 aliphatic carbocycles. The number of nitrogens with zero attached hydrogens (tertiary/aromatic N) is 1. The SMILES string of the molecule is O=C(Cc1ccsc1)Nc1cc(C#CCO)ccn1. The number of anilines is 1. The van der Waals surface area contributed by atoms with E-state index in [9.17, 15) is 4.79 Å². The first-order chi connectivity index (χ1) is 9.28. The minimum Gasteiger partial charge on any atom is -0.384 e. The summed E-state index contributed by atoms with van der Waals surface area (Å²) in [6, 6.07) is 5.31. The van der Waals surface area contributed by atoms with Crippen molar-refractivity contribution in [3.8, 4) is 11.8 Å². The molecule has 0 fully saturated rings. The summed E-state index contributed by atoms with van der Waals surface area (Å²) in [6.45, 7) is -0.192. The fourth-order valence-corrected chi connectivity index (χ4v) is 2.15. The van der Waals surface area contributed by atoms with E-state index in [1.807, 2.05) is 16.8 Å². The quantitative estimate of drug-likeness (QED) is 0.835. The highest BCUT2D eigenvalue weighted by Gasteiger charge is 2.05. The van der Waals surface area contributed by atoms with Crippen LogP contribution in [0.15, 0.2) is 35.2 Å². The van der Waals surface area contributed by atoms with E-state index in [4.69, 9.17) is 5.11 Å². The fraction of sp³-hybridized carbons (Fsp3) is 0.143. The number of aliphatic hydroxyl groups is 1. The maximum Gasteiger partial charge on any atom is 0.229 e. The van der Waals surface area contributed by atoms with Crippen LogP contribution in [0.25, 0.3) is 0 Å². The van der Waals surface area contributed by atoms with Crippen molar-refractivity contribution in [2.24, 2.45) is 0 Å². The molecule has 2 heterocycles. The molecule has 0 aromatic carbocycles. The number of carbonyl (C=O) groups is 1. The van der Waals surface area contributed by atoms with Crippen LogP contribution in [0, 0.1) is 11.8 Å². The molecule has 0 saturated heterocycles. The Bertz CT molecular complexity index is 612. The topological polar surface area (TPSA) is 62.2 Å². The molecule has 0 saturated carbocycles. The predicted molar refractivity (Wildman–Crippen MR) is 74.9 cm³/mol. The van der Waals surface area contributed by atoms with E-state index in [0.717, 1.165) is 5.56 Å². The summed E-state index contributed by atoms with van der Waals surface area (Å²) in [6.07, 6.45) is 1.90. The van der Waals surface area contributed by atoms with Crippen LogP contribution in [-0.2, 0) is 11.2 Å². The highest BCUT2D eigenvalue weighted by molar-refractivity contribution is 7.08. The van der Waals surface area contributed by atoms with Crippen LogP contribution in [0.4, 0.5) is 5.82 Å². The molecule has 0 radical (unpaired) electrons. The van der Waals surface area contributed by atoms with Crippen LogP contribution >= 0.6 is 11.3 Å². The molecule has 0 aliphatic heterocycles. The number of carbonyl (C=O) groups excluding carboxylic acids is 1. The van der Waals surface area contributed by atoms with Crippen LogP contribution in [-0.4, -0.2) is 22.6 Å². The maximum atomic E-state index is 11.8. The Morgan fingerprint density at radius 1 is 1.47 bits per heavy atom. The minimum atomic E-state index is -0.192. The summed E-state index contributed by atoms with van der Waals surface area (Å²) in [5, 5.41) is 15.2. The van der Waals surface area contributed by atoms with Gasteiger partial charge in [-0.05, 0) is 34.5 Å². The Kier molecular flexibility index (Phi) is 4.67. The molecule has 0 unspecified atom stereocenters. The molecule has 5 heteroatoms. The zero-order valence-corrected chi connectivity index (χ0v) is 10.9. The van der Waals surface area contributed by atoms with E-state index < -0.39 is 0 Å². The summed E-state index contributed by atoms with van der Waals surface area (Å²) in [5.74, 6) is 5.66. The number of aliphatic hydroxyl groups excluding tert-OH is 1. The van der Waals surface area contributed by atoms with Gasteiger partial charge in [-0.1, -0.05) is 11.8 Å². The number of amides is 1. The summed E-state index contributed by atoms with van der Waals surface area (Å²) < 4.78 is 0. The molecule has 2 aromatic rings. The number of pyridine rings is 1. The molecule has 0 bridgehead atoms. The van der Waals surface area contributed by atoms with Crippen molar-refractivity contribution >= 4 is 23.1 Å². The van der Waals surface area contributed by atoms with E-state index in [2.05, 4.69) is 22.1 Å². The Labute approximate surface area is 115 Å². The van der Waals surface area contributed by atoms with E-state index in [0.29, 0.717) is 17.8 Å². The van der Waals surface area contributed by atoms with Crippen LogP contribution in [0.1, 0.15) is 11.1 Å². The smallest absolute Gasteiger partial charge is 0.229 e. The predicted octanol–water partition coefficient (Wildman–Crippen LogP) is 1.67. The normalized spacial score (nSPS) is 9.53. The van der Waals surface area contributed by atoms with Gasteiger partial charge in [0.25, 0.3) is 0 Å². The second-order valence-electron chi connectivity index (χ2n) is 3.75. The standard InChI is InChI=1S/C14H12N2O2S/c17-6-1-2-11-3-5-15-13(8-11)16-14(18)9-12-4-7-19-10-12/h3-5,7-8,10,17H,6,9H2,(H,15,16,18). The molecule has 2 rings (SSSR count). The lowest BCUT2D eigenvalue weighted by Gasteiger charge is -2.03. The third kappa shape index (κ3) is 4.21. The van der Waals surface area contributed by atoms with Gasteiger partial charge in [0.2, 0.25) is 5.91 Å². The second kappa shape index (κ2) is 6.69. The lowest BCUT2D eigenvalue weighted by Crippen LogP contribution is -2.14. The van der Waals surface area contributed by atoms with Crippen molar-refractivity contribution in [3.63, 3.8) is 0 Å². The van der Waals surface area contributed by atoms with Gasteiger partial charge in [0.05, 0.1) is 6.42 Å². The molecule has 0 atom stereocenters. The fourth-order valence-electron chi connectivity index (χ4n) is 1.48. The molecule has 19 heavy (non-hydrogen) atoms. The average Bonchev–Trinajstić information content (AvgIpc) is 2.89. The zero-order chi connectivity index (χ0) is 13.5. The highest BCUT2D eigenvalue weighted by atomic mass is 32.1. The van der Waals surface area contributed by atoms with Crippen molar-refractivity contribution in [1.82, 2.24) is 4.98 Å². The van der Waals surface area contributed by atoms with Gasteiger partial charge < -0.3 is 10.4 Å². The van der Waals surface area contributed by atoms with E-state index >= 15 is 0 Å². The molecular formula is C14H12N2O2S. The summed E-state index contributed by atoms with van der Waals surface area (Å²) >= 11 is 1.56. The van der Waals surface area contributed by atoms with Crippen LogP contribution < -0.4 is 5.32 Å². The number of hydrogen-bond donors (Lipinski definition) is 2. The van der Waals surface area contributed by atoms with Gasteiger partial charge in [-0.3, -0.25) is 4.79 Å². The average molecular weight is 272 g/mol. The van der Waals surface area contributed by atoms with Crippen LogP contribution in [0.5, 0.6) is 0 Å². The number of rotatable bonds is 3. The van der Waals surface area contributed by atoms with Crippen molar-refractivity contribution in [2.45, 2.75) is 6.42 Å². The van der Waals surface area contributed by atoms with Crippen molar-refractivity contribution in [3.05, 3.63) is 46.3 Å². The van der Waals surface area contributed by atoms with Crippen molar-refractivity contribution in [1.29, 1.82) is 0 Å². The molecule has 2 N–H and O–H groups in total. The van der Waals surface area contributed by atoms with Crippen molar-refractivity contribution in [2.75, 3.05) is 11.9 Å². The molecule has 0 spiro atoms. The Hall–Kier alpha value is -2.16. The third-order valence-corrected chi connectivity index (χ3v) is 3.02. The molecule has 4 nitrogen and oxygen atoms in total. The van der Waals surface area contributed by atoms with Gasteiger partial charge in [-0.15, -0.1) is 0 Å². The van der Waals surface area contributed by atoms with Crippen molar-refractivity contribution < 1.29 is 9.90 Å². The molecular weight excluding hydrogens is 260 g/mol. The maximum absolute atomic E-state index is 11.8. The number of nitrogens with one attached hydrogen (secondary N) is 1. The van der Waals surface area contributed by atoms with Gasteiger partial charge in [0, 0.05) is 11.8 Å². The largest absolute Gasteiger partial charge is 0.384 e. The highest BCUT2D eigenvalue weighted by Crippen LogP contribution is 2.09. The Morgan fingerprint density at radius 3 is 3.11 bits per heavy atom. The van der Waals surface area contributed by atoms with Gasteiger partial charge in [0.15, 0.2) is 0 Å². The first-order valence-electron chi connectivity index (χ1n) is 5.64. The van der Waals surface area contributed by atoms with Gasteiger partial charge in [0.1, 0.15) is 12.4 Å². The second-order valence-corrected chi connectivity index (χ2v) is 4.53. The minimum absolute atomic E-state index is 0.113. The molecule has 2 aromatic heterocycles. The number of hydrogen-bond acceptors (Lipinski definition) is 4. The lowest BCUT2D eigenvalue weighted by atomic mass is 10.2. The van der Waals surface area contributed by atoms with Crippen LogP contribution in [0.3, 0.4) is 0 Å². The van der Waals surface area contributed by atoms with E-state index in [1.54, 1.807) is 29.7 Å². The van der Waals surface area contributed by atoms with Gasteiger partial charge in [-0.25, -0.2) is 4.98 Å². The first-order valence-corrected chi connectivity index (χ1v) is 6.59. The van der Waals surface area contributed by atoms with E-state index in [1.165, 1.54) is 0 Å². The van der Waals surface area contributed by atoms with E-state index in [-0.39, 0.29) is 12.5 Å².